The van der Waals surface area contributed by atoms with E-state index in [0.29, 0.717) is 40.9 Å². The summed E-state index contributed by atoms with van der Waals surface area (Å²) in [5, 5.41) is 0.404. The van der Waals surface area contributed by atoms with Crippen LogP contribution in [0.2, 0.25) is 5.02 Å². The van der Waals surface area contributed by atoms with E-state index in [4.69, 9.17) is 25.8 Å². The van der Waals surface area contributed by atoms with E-state index in [9.17, 15) is 9.59 Å². The number of rotatable bonds is 6. The lowest BCUT2D eigenvalue weighted by atomic mass is 9.87. The molecule has 2 aromatic carbocycles. The molecule has 2 unspecified atom stereocenters. The van der Waals surface area contributed by atoms with Gasteiger partial charge in [-0.25, -0.2) is 0 Å². The van der Waals surface area contributed by atoms with Crippen molar-refractivity contribution >= 4 is 23.4 Å². The third kappa shape index (κ3) is 4.47. The van der Waals surface area contributed by atoms with Crippen molar-refractivity contribution in [2.75, 3.05) is 47.5 Å². The Morgan fingerprint density at radius 1 is 0.909 bits per heavy atom. The SMILES string of the molecule is COc1cc(C2CN(C(=O)c3ccccc3Cl)CC2C(=O)N2CCCC2)cc(OC)c1OC. The van der Waals surface area contributed by atoms with Gasteiger partial charge in [0.05, 0.1) is 37.8 Å². The number of carbonyl (C=O) groups excluding carboxylic acids is 2. The molecule has 176 valence electrons. The molecule has 7 nitrogen and oxygen atoms in total. The molecule has 33 heavy (non-hydrogen) atoms. The summed E-state index contributed by atoms with van der Waals surface area (Å²) in [6.45, 7) is 2.25. The van der Waals surface area contributed by atoms with Crippen molar-refractivity contribution in [2.45, 2.75) is 18.8 Å². The molecule has 0 radical (unpaired) electrons. The maximum Gasteiger partial charge on any atom is 0.255 e. The Hall–Kier alpha value is -2.93. The van der Waals surface area contributed by atoms with E-state index in [-0.39, 0.29) is 23.7 Å². The standard InChI is InChI=1S/C25H29ClN2O5/c1-31-21-12-16(13-22(32-2)23(21)33-3)18-14-28(24(29)17-8-4-5-9-20(17)26)15-19(18)25(30)27-10-6-7-11-27/h4-5,8-9,12-13,18-19H,6-7,10-11,14-15H2,1-3H3. The zero-order valence-corrected chi connectivity index (χ0v) is 19.9. The van der Waals surface area contributed by atoms with Gasteiger partial charge in [0.1, 0.15) is 0 Å². The molecule has 0 spiro atoms. The van der Waals surface area contributed by atoms with Gasteiger partial charge < -0.3 is 24.0 Å². The lowest BCUT2D eigenvalue weighted by Crippen LogP contribution is -2.37. The number of halogens is 1. The van der Waals surface area contributed by atoms with E-state index in [2.05, 4.69) is 0 Å². The highest BCUT2D eigenvalue weighted by Gasteiger charge is 2.43. The van der Waals surface area contributed by atoms with Crippen LogP contribution in [0.4, 0.5) is 0 Å². The molecule has 4 rings (SSSR count). The van der Waals surface area contributed by atoms with Gasteiger partial charge in [0.2, 0.25) is 11.7 Å². The summed E-state index contributed by atoms with van der Waals surface area (Å²) < 4.78 is 16.5. The van der Waals surface area contributed by atoms with Crippen molar-refractivity contribution in [1.82, 2.24) is 9.80 Å². The smallest absolute Gasteiger partial charge is 0.255 e. The molecule has 2 fully saturated rings. The van der Waals surface area contributed by atoms with Gasteiger partial charge in [0.25, 0.3) is 5.91 Å². The lowest BCUT2D eigenvalue weighted by molar-refractivity contribution is -0.134. The first-order chi connectivity index (χ1) is 16.0. The van der Waals surface area contributed by atoms with Crippen LogP contribution >= 0.6 is 11.6 Å². The number of methoxy groups -OCH3 is 3. The predicted molar refractivity (Wildman–Crippen MR) is 125 cm³/mol. The summed E-state index contributed by atoms with van der Waals surface area (Å²) in [7, 11) is 4.69. The Morgan fingerprint density at radius 2 is 1.55 bits per heavy atom. The molecule has 2 aliphatic heterocycles. The van der Waals surface area contributed by atoms with Gasteiger partial charge in [-0.1, -0.05) is 23.7 Å². The maximum absolute atomic E-state index is 13.5. The fraction of sp³-hybridized carbons (Fsp3) is 0.440. The van der Waals surface area contributed by atoms with Crippen LogP contribution in [0.5, 0.6) is 17.2 Å². The zero-order valence-electron chi connectivity index (χ0n) is 19.2. The maximum atomic E-state index is 13.5. The van der Waals surface area contributed by atoms with Crippen molar-refractivity contribution in [3.8, 4) is 17.2 Å². The van der Waals surface area contributed by atoms with E-state index in [1.165, 1.54) is 0 Å². The lowest BCUT2D eigenvalue weighted by Gasteiger charge is -2.25. The summed E-state index contributed by atoms with van der Waals surface area (Å²) in [6, 6.07) is 10.8. The fourth-order valence-corrected chi connectivity index (χ4v) is 5.07. The van der Waals surface area contributed by atoms with Crippen LogP contribution in [0.1, 0.15) is 34.7 Å². The summed E-state index contributed by atoms with van der Waals surface area (Å²) >= 11 is 6.30. The molecule has 2 heterocycles. The minimum Gasteiger partial charge on any atom is -0.493 e. The fourth-order valence-electron chi connectivity index (χ4n) is 4.85. The molecule has 0 bridgehead atoms. The van der Waals surface area contributed by atoms with E-state index in [1.54, 1.807) is 50.5 Å². The molecule has 2 atom stereocenters. The van der Waals surface area contributed by atoms with Gasteiger partial charge in [0, 0.05) is 32.1 Å². The second-order valence-corrected chi connectivity index (χ2v) is 8.80. The highest BCUT2D eigenvalue weighted by Crippen LogP contribution is 2.44. The number of benzene rings is 2. The van der Waals surface area contributed by atoms with Crippen LogP contribution in [0.15, 0.2) is 36.4 Å². The van der Waals surface area contributed by atoms with Crippen molar-refractivity contribution in [1.29, 1.82) is 0 Å². The van der Waals surface area contributed by atoms with Gasteiger partial charge in [-0.15, -0.1) is 0 Å². The Bertz CT molecular complexity index is 1010. The normalized spacial score (nSPS) is 20.1. The first-order valence-electron chi connectivity index (χ1n) is 11.1. The molecule has 8 heteroatoms. The molecule has 0 aliphatic carbocycles. The molecule has 0 N–H and O–H groups in total. The minimum atomic E-state index is -0.364. The minimum absolute atomic E-state index is 0.0840. The topological polar surface area (TPSA) is 68.3 Å². The molecular formula is C25H29ClN2O5. The van der Waals surface area contributed by atoms with Gasteiger partial charge in [0.15, 0.2) is 11.5 Å². The van der Waals surface area contributed by atoms with Crippen molar-refractivity contribution in [3.63, 3.8) is 0 Å². The largest absolute Gasteiger partial charge is 0.493 e. The summed E-state index contributed by atoms with van der Waals surface area (Å²) in [5.74, 6) is 0.879. The van der Waals surface area contributed by atoms with Crippen molar-refractivity contribution < 1.29 is 23.8 Å². The molecule has 0 aromatic heterocycles. The molecule has 2 saturated heterocycles. The van der Waals surface area contributed by atoms with Crippen LogP contribution in [0.3, 0.4) is 0 Å². The van der Waals surface area contributed by atoms with Crippen molar-refractivity contribution in [2.24, 2.45) is 5.92 Å². The molecule has 2 aliphatic rings. The Labute approximate surface area is 199 Å². The van der Waals surface area contributed by atoms with E-state index in [0.717, 1.165) is 31.5 Å². The van der Waals surface area contributed by atoms with Crippen LogP contribution < -0.4 is 14.2 Å². The summed E-state index contributed by atoms with van der Waals surface area (Å²) in [6.07, 6.45) is 2.02. The number of nitrogens with zero attached hydrogens (tertiary/aromatic N) is 2. The zero-order chi connectivity index (χ0) is 23.5. The number of likely N-dealkylation sites (tertiary alicyclic amines) is 2. The van der Waals surface area contributed by atoms with Gasteiger partial charge in [-0.05, 0) is 42.7 Å². The Balaban J connectivity index is 1.71. The van der Waals surface area contributed by atoms with Crippen LogP contribution in [0.25, 0.3) is 0 Å². The Kier molecular flexibility index (Phi) is 6.98. The summed E-state index contributed by atoms with van der Waals surface area (Å²) in [4.78, 5) is 30.5. The molecule has 0 saturated carbocycles. The van der Waals surface area contributed by atoms with Crippen molar-refractivity contribution in [3.05, 3.63) is 52.5 Å². The monoisotopic (exact) mass is 472 g/mol. The quantitative estimate of drug-likeness (QED) is 0.639. The van der Waals surface area contributed by atoms with E-state index in [1.807, 2.05) is 17.0 Å². The van der Waals surface area contributed by atoms with Crippen LogP contribution in [0, 0.1) is 5.92 Å². The number of amides is 2. The Morgan fingerprint density at radius 3 is 2.12 bits per heavy atom. The second kappa shape index (κ2) is 9.91. The number of hydrogen-bond acceptors (Lipinski definition) is 5. The highest BCUT2D eigenvalue weighted by molar-refractivity contribution is 6.33. The summed E-state index contributed by atoms with van der Waals surface area (Å²) in [5.41, 5.74) is 1.31. The first kappa shape index (κ1) is 23.2. The number of carbonyl (C=O) groups is 2. The van der Waals surface area contributed by atoms with Crippen LogP contribution in [-0.2, 0) is 4.79 Å². The van der Waals surface area contributed by atoms with E-state index >= 15 is 0 Å². The average Bonchev–Trinajstić information content (AvgIpc) is 3.53. The third-order valence-electron chi connectivity index (χ3n) is 6.56. The number of ether oxygens (including phenoxy) is 3. The van der Waals surface area contributed by atoms with Gasteiger partial charge in [-0.2, -0.15) is 0 Å². The second-order valence-electron chi connectivity index (χ2n) is 8.39. The average molecular weight is 473 g/mol. The molecular weight excluding hydrogens is 444 g/mol. The highest BCUT2D eigenvalue weighted by atomic mass is 35.5. The van der Waals surface area contributed by atoms with Gasteiger partial charge in [-0.3, -0.25) is 9.59 Å². The van der Waals surface area contributed by atoms with E-state index < -0.39 is 0 Å². The predicted octanol–water partition coefficient (Wildman–Crippen LogP) is 3.84. The molecule has 2 amide bonds. The first-order valence-corrected chi connectivity index (χ1v) is 11.5. The van der Waals surface area contributed by atoms with Crippen LogP contribution in [-0.4, -0.2) is 69.1 Å². The number of hydrogen-bond donors (Lipinski definition) is 0. The molecule has 2 aromatic rings. The third-order valence-corrected chi connectivity index (χ3v) is 6.89. The van der Waals surface area contributed by atoms with Gasteiger partial charge >= 0.3 is 0 Å².